The van der Waals surface area contributed by atoms with Gasteiger partial charge in [0.1, 0.15) is 18.3 Å². The van der Waals surface area contributed by atoms with Gasteiger partial charge in [-0.05, 0) is 80.6 Å². The summed E-state index contributed by atoms with van der Waals surface area (Å²) >= 11 is 0. The van der Waals surface area contributed by atoms with E-state index in [1.807, 2.05) is 37.7 Å². The molecule has 2 unspecified atom stereocenters. The molecule has 2 rings (SSSR count). The second-order valence-electron chi connectivity index (χ2n) is 10.2. The maximum absolute atomic E-state index is 12.8. The van der Waals surface area contributed by atoms with Crippen molar-refractivity contribution in [1.29, 1.82) is 0 Å². The predicted octanol–water partition coefficient (Wildman–Crippen LogP) is 1.96. The number of hydrogen-bond donors (Lipinski definition) is 0. The van der Waals surface area contributed by atoms with E-state index in [0.717, 1.165) is 32.2 Å². The second-order valence-corrected chi connectivity index (χ2v) is 10.2. The van der Waals surface area contributed by atoms with E-state index in [1.165, 1.54) is 0 Å². The van der Waals surface area contributed by atoms with Crippen LogP contribution >= 0.6 is 0 Å². The molecule has 2 fully saturated rings. The molecule has 0 aromatic carbocycles. The first-order valence-electron chi connectivity index (χ1n) is 11.9. The van der Waals surface area contributed by atoms with Gasteiger partial charge in [-0.25, -0.2) is 0 Å². The molecule has 2 heterocycles. The average molecular weight is 454 g/mol. The average Bonchev–Trinajstić information content (AvgIpc) is 2.79. The first-order valence-corrected chi connectivity index (χ1v) is 11.9. The van der Waals surface area contributed by atoms with Gasteiger partial charge < -0.3 is 14.4 Å². The number of methoxy groups -OCH3 is 1. The lowest BCUT2D eigenvalue weighted by molar-refractivity contribution is -0.158. The molecule has 0 saturated carbocycles. The minimum atomic E-state index is -0.776. The fourth-order valence-electron chi connectivity index (χ4n) is 4.59. The van der Waals surface area contributed by atoms with E-state index in [-0.39, 0.29) is 35.5 Å². The Labute approximate surface area is 193 Å². The number of hydrogen-bond acceptors (Lipinski definition) is 7. The molecule has 2 saturated heterocycles. The van der Waals surface area contributed by atoms with Crippen LogP contribution in [0.5, 0.6) is 0 Å². The molecule has 0 aromatic heterocycles. The van der Waals surface area contributed by atoms with Crippen LogP contribution in [0.15, 0.2) is 0 Å². The van der Waals surface area contributed by atoms with E-state index in [1.54, 1.807) is 14.0 Å². The lowest BCUT2D eigenvalue weighted by Crippen LogP contribution is -2.59. The number of nitrogens with zero attached hydrogens (tertiary/aromatic N) is 3. The highest BCUT2D eigenvalue weighted by molar-refractivity contribution is 5.98. The van der Waals surface area contributed by atoms with Crippen LogP contribution in [0, 0.1) is 5.92 Å². The lowest BCUT2D eigenvalue weighted by atomic mass is 9.85. The molecular weight excluding hydrogens is 410 g/mol. The van der Waals surface area contributed by atoms with Gasteiger partial charge in [-0.2, -0.15) is 0 Å². The van der Waals surface area contributed by atoms with Gasteiger partial charge in [0.2, 0.25) is 5.91 Å². The summed E-state index contributed by atoms with van der Waals surface area (Å²) in [7, 11) is 7.58. The summed E-state index contributed by atoms with van der Waals surface area (Å²) in [5.41, 5.74) is -0.729. The highest BCUT2D eigenvalue weighted by atomic mass is 16.5. The van der Waals surface area contributed by atoms with Crippen LogP contribution in [0.4, 0.5) is 0 Å². The molecule has 184 valence electrons. The maximum atomic E-state index is 12.8. The minimum absolute atomic E-state index is 0.0991. The number of ether oxygens (including phenoxy) is 2. The third-order valence-corrected chi connectivity index (χ3v) is 7.86. The van der Waals surface area contributed by atoms with Crippen LogP contribution in [0.2, 0.25) is 0 Å². The van der Waals surface area contributed by atoms with Crippen molar-refractivity contribution in [3.8, 4) is 0 Å². The van der Waals surface area contributed by atoms with Gasteiger partial charge in [0.05, 0.1) is 17.2 Å². The Morgan fingerprint density at radius 3 is 2.34 bits per heavy atom. The SMILES string of the molecule is CO[C@]1(C)CCCN(C)C2(CCN(C(=O)C(C)N(C)C)CC2)COC(=O)C(C)C(=O)CC1. The molecule has 3 atom stereocenters. The molecule has 32 heavy (non-hydrogen) atoms. The smallest absolute Gasteiger partial charge is 0.316 e. The molecule has 0 bridgehead atoms. The number of rotatable bonds is 3. The Morgan fingerprint density at radius 2 is 1.78 bits per heavy atom. The van der Waals surface area contributed by atoms with E-state index < -0.39 is 11.9 Å². The van der Waals surface area contributed by atoms with Gasteiger partial charge in [-0.15, -0.1) is 0 Å². The van der Waals surface area contributed by atoms with Crippen LogP contribution < -0.4 is 0 Å². The third-order valence-electron chi connectivity index (χ3n) is 7.86. The fraction of sp³-hybridized carbons (Fsp3) is 0.875. The number of esters is 1. The van der Waals surface area contributed by atoms with Crippen molar-refractivity contribution in [2.75, 3.05) is 54.5 Å². The molecule has 1 amide bonds. The Balaban J connectivity index is 2.18. The summed E-state index contributed by atoms with van der Waals surface area (Å²) in [6.45, 7) is 7.93. The molecule has 0 aliphatic carbocycles. The number of piperidine rings is 1. The lowest BCUT2D eigenvalue weighted by Gasteiger charge is -2.47. The van der Waals surface area contributed by atoms with Crippen LogP contribution in [-0.4, -0.2) is 104 Å². The number of ketones is 1. The van der Waals surface area contributed by atoms with E-state index in [9.17, 15) is 14.4 Å². The number of carbonyl (C=O) groups is 3. The summed E-state index contributed by atoms with van der Waals surface area (Å²) in [5.74, 6) is -1.20. The van der Waals surface area contributed by atoms with Crippen molar-refractivity contribution in [3.63, 3.8) is 0 Å². The maximum Gasteiger partial charge on any atom is 0.316 e. The highest BCUT2D eigenvalue weighted by Gasteiger charge is 2.42. The zero-order chi connectivity index (χ0) is 24.1. The minimum Gasteiger partial charge on any atom is -0.463 e. The molecule has 2 aliphatic rings. The van der Waals surface area contributed by atoms with Gasteiger partial charge in [0.25, 0.3) is 0 Å². The summed E-state index contributed by atoms with van der Waals surface area (Å²) in [6, 6.07) is -0.168. The molecule has 8 heteroatoms. The van der Waals surface area contributed by atoms with Gasteiger partial charge in [0.15, 0.2) is 0 Å². The summed E-state index contributed by atoms with van der Waals surface area (Å²) in [5, 5.41) is 0. The van der Waals surface area contributed by atoms with Crippen molar-refractivity contribution in [3.05, 3.63) is 0 Å². The van der Waals surface area contributed by atoms with Crippen LogP contribution in [0.3, 0.4) is 0 Å². The Kier molecular flexibility index (Phi) is 9.25. The number of amides is 1. The van der Waals surface area contributed by atoms with Crippen LogP contribution in [-0.2, 0) is 23.9 Å². The largest absolute Gasteiger partial charge is 0.463 e. The molecule has 1 spiro atoms. The van der Waals surface area contributed by atoms with Crippen molar-refractivity contribution in [2.45, 2.75) is 76.5 Å². The van der Waals surface area contributed by atoms with Crippen molar-refractivity contribution < 1.29 is 23.9 Å². The van der Waals surface area contributed by atoms with Crippen LogP contribution in [0.1, 0.15) is 59.3 Å². The Bertz CT molecular complexity index is 675. The summed E-state index contributed by atoms with van der Waals surface area (Å²) in [6.07, 6.45) is 4.11. The van der Waals surface area contributed by atoms with Gasteiger partial charge in [0, 0.05) is 26.6 Å². The predicted molar refractivity (Wildman–Crippen MR) is 123 cm³/mol. The van der Waals surface area contributed by atoms with Crippen molar-refractivity contribution in [2.24, 2.45) is 5.92 Å². The topological polar surface area (TPSA) is 79.4 Å². The van der Waals surface area contributed by atoms with Crippen molar-refractivity contribution >= 4 is 17.7 Å². The first kappa shape index (κ1) is 26.7. The zero-order valence-corrected chi connectivity index (χ0v) is 21.1. The molecule has 2 aliphatic heterocycles. The standard InChI is InChI=1S/C24H43N3O5/c1-18-20(28)9-11-23(3,31-7)10-8-14-26(6)24(17-32-22(18)30)12-15-27(16-13-24)21(29)19(2)25(4)5/h18-19H,8-17H2,1-7H3/t18?,19?,23-/m1/s1. The van der Waals surface area contributed by atoms with Crippen molar-refractivity contribution in [1.82, 2.24) is 14.7 Å². The summed E-state index contributed by atoms with van der Waals surface area (Å²) < 4.78 is 11.5. The molecule has 0 N–H and O–H groups in total. The van der Waals surface area contributed by atoms with Gasteiger partial charge in [-0.1, -0.05) is 0 Å². The quantitative estimate of drug-likeness (QED) is 0.477. The number of likely N-dealkylation sites (tertiary alicyclic amines) is 1. The Morgan fingerprint density at radius 1 is 1.16 bits per heavy atom. The molecule has 8 nitrogen and oxygen atoms in total. The van der Waals surface area contributed by atoms with E-state index in [2.05, 4.69) is 11.9 Å². The Hall–Kier alpha value is -1.51. The van der Waals surface area contributed by atoms with Crippen LogP contribution in [0.25, 0.3) is 0 Å². The number of carbonyl (C=O) groups excluding carboxylic acids is 3. The fourth-order valence-corrected chi connectivity index (χ4v) is 4.59. The second kappa shape index (κ2) is 11.1. The molecular formula is C24H43N3O5. The number of cyclic esters (lactones) is 1. The normalized spacial score (nSPS) is 29.8. The van der Waals surface area contributed by atoms with E-state index >= 15 is 0 Å². The van der Waals surface area contributed by atoms with E-state index in [0.29, 0.717) is 25.9 Å². The number of likely N-dealkylation sites (N-methyl/N-ethyl adjacent to an activating group) is 2. The summed E-state index contributed by atoms with van der Waals surface area (Å²) in [4.78, 5) is 44.2. The van der Waals surface area contributed by atoms with Gasteiger partial charge >= 0.3 is 5.97 Å². The van der Waals surface area contributed by atoms with Gasteiger partial charge in [-0.3, -0.25) is 24.2 Å². The van der Waals surface area contributed by atoms with E-state index in [4.69, 9.17) is 9.47 Å². The first-order chi connectivity index (χ1) is 14.9. The monoisotopic (exact) mass is 453 g/mol. The third kappa shape index (κ3) is 6.29. The molecule has 0 aromatic rings. The molecule has 0 radical (unpaired) electrons. The zero-order valence-electron chi connectivity index (χ0n) is 21.1. The number of Topliss-reactive ketones (excluding diaryl/α,β-unsaturated/α-hetero) is 1. The highest BCUT2D eigenvalue weighted by Crippen LogP contribution is 2.32.